The van der Waals surface area contributed by atoms with E-state index in [4.69, 9.17) is 14.1 Å². The van der Waals surface area contributed by atoms with Gasteiger partial charge in [0.1, 0.15) is 11.5 Å². The molecule has 0 saturated carbocycles. The summed E-state index contributed by atoms with van der Waals surface area (Å²) >= 11 is 4.63. The molecule has 0 atom stereocenters. The Labute approximate surface area is 181 Å². The molecule has 0 spiro atoms. The van der Waals surface area contributed by atoms with E-state index >= 15 is 0 Å². The molecule has 0 radical (unpaired) electrons. The number of benzene rings is 2. The summed E-state index contributed by atoms with van der Waals surface area (Å²) < 4.78 is 11.4. The van der Waals surface area contributed by atoms with Gasteiger partial charge in [0.15, 0.2) is 9.84 Å². The minimum Gasteiger partial charge on any atom is -0.497 e. The Morgan fingerprint density at radius 3 is 2.52 bits per heavy atom. The topological polar surface area (TPSA) is 55.0 Å². The molecule has 0 bridgehead atoms. The Morgan fingerprint density at radius 2 is 1.86 bits per heavy atom. The summed E-state index contributed by atoms with van der Waals surface area (Å²) in [4.78, 5) is 20.1. The zero-order valence-corrected chi connectivity index (χ0v) is 17.9. The number of thioether (sulfide) groups is 1. The number of rotatable bonds is 5. The number of hydrogen-bond acceptors (Lipinski definition) is 5. The number of halogens is 1. The summed E-state index contributed by atoms with van der Waals surface area (Å²) in [6.45, 7) is 0.417. The van der Waals surface area contributed by atoms with Gasteiger partial charge in [-0.3, -0.25) is 9.69 Å². The molecule has 0 unspecified atom stereocenters. The monoisotopic (exact) mass is 468 g/mol. The fourth-order valence-electron chi connectivity index (χ4n) is 2.79. The molecule has 1 fully saturated rings. The Morgan fingerprint density at radius 1 is 1.10 bits per heavy atom. The van der Waals surface area contributed by atoms with Crippen molar-refractivity contribution >= 4 is 50.5 Å². The molecule has 1 aromatic heterocycles. The summed E-state index contributed by atoms with van der Waals surface area (Å²) in [6, 6.07) is 20.9. The van der Waals surface area contributed by atoms with Crippen LogP contribution >= 0.6 is 27.7 Å². The third kappa shape index (κ3) is 4.63. The molecular formula is C22H17BrN2O3S. The SMILES string of the molecule is COc1ccc(CN2C(=O)/C(=C/c3ccc(Br)o3)SC2=Nc2ccccc2)cc1. The van der Waals surface area contributed by atoms with Crippen molar-refractivity contribution in [3.8, 4) is 5.75 Å². The zero-order valence-electron chi connectivity index (χ0n) is 15.5. The van der Waals surface area contributed by atoms with Crippen LogP contribution in [0.2, 0.25) is 0 Å². The maximum absolute atomic E-state index is 13.1. The summed E-state index contributed by atoms with van der Waals surface area (Å²) in [5.74, 6) is 1.28. The van der Waals surface area contributed by atoms with Crippen molar-refractivity contribution in [1.82, 2.24) is 4.90 Å². The van der Waals surface area contributed by atoms with Gasteiger partial charge >= 0.3 is 0 Å². The van der Waals surface area contributed by atoms with Gasteiger partial charge in [-0.25, -0.2) is 4.99 Å². The smallest absolute Gasteiger partial charge is 0.267 e. The van der Waals surface area contributed by atoms with Crippen molar-refractivity contribution in [1.29, 1.82) is 0 Å². The van der Waals surface area contributed by atoms with Gasteiger partial charge in [-0.1, -0.05) is 30.3 Å². The second kappa shape index (κ2) is 8.71. The van der Waals surface area contributed by atoms with E-state index in [9.17, 15) is 4.79 Å². The highest BCUT2D eigenvalue weighted by Crippen LogP contribution is 2.35. The number of amidine groups is 1. The summed E-state index contributed by atoms with van der Waals surface area (Å²) in [7, 11) is 1.63. The summed E-state index contributed by atoms with van der Waals surface area (Å²) in [5.41, 5.74) is 1.78. The number of amides is 1. The van der Waals surface area contributed by atoms with Gasteiger partial charge in [-0.05, 0) is 69.7 Å². The van der Waals surface area contributed by atoms with Crippen molar-refractivity contribution in [2.24, 2.45) is 4.99 Å². The maximum Gasteiger partial charge on any atom is 0.267 e. The number of methoxy groups -OCH3 is 1. The second-order valence-electron chi connectivity index (χ2n) is 6.22. The van der Waals surface area contributed by atoms with Crippen LogP contribution in [0.1, 0.15) is 11.3 Å². The Bertz CT molecular complexity index is 1070. The normalized spacial score (nSPS) is 16.8. The average Bonchev–Trinajstić information content (AvgIpc) is 3.27. The van der Waals surface area contributed by atoms with Gasteiger partial charge in [0.25, 0.3) is 5.91 Å². The number of ether oxygens (including phenoxy) is 1. The molecule has 3 aromatic rings. The number of carbonyl (C=O) groups excluding carboxylic acids is 1. The first-order valence-electron chi connectivity index (χ1n) is 8.86. The third-order valence-corrected chi connectivity index (χ3v) is 5.67. The molecule has 7 heteroatoms. The first kappa shape index (κ1) is 19.5. The van der Waals surface area contributed by atoms with Crippen LogP contribution < -0.4 is 4.74 Å². The van der Waals surface area contributed by atoms with E-state index in [1.165, 1.54) is 11.8 Å². The molecule has 0 aliphatic carbocycles. The van der Waals surface area contributed by atoms with Crippen LogP contribution in [-0.2, 0) is 11.3 Å². The Kier molecular flexibility index (Phi) is 5.87. The number of para-hydroxylation sites is 1. The highest BCUT2D eigenvalue weighted by Gasteiger charge is 2.33. The van der Waals surface area contributed by atoms with Crippen molar-refractivity contribution in [3.63, 3.8) is 0 Å². The molecule has 2 aromatic carbocycles. The number of furan rings is 1. The van der Waals surface area contributed by atoms with E-state index < -0.39 is 0 Å². The molecule has 0 N–H and O–H groups in total. The Hall–Kier alpha value is -2.77. The van der Waals surface area contributed by atoms with E-state index in [0.717, 1.165) is 17.0 Å². The lowest BCUT2D eigenvalue weighted by atomic mass is 10.2. The van der Waals surface area contributed by atoms with Crippen molar-refractivity contribution in [2.75, 3.05) is 7.11 Å². The highest BCUT2D eigenvalue weighted by atomic mass is 79.9. The number of carbonyl (C=O) groups is 1. The lowest BCUT2D eigenvalue weighted by molar-refractivity contribution is -0.122. The molecule has 1 saturated heterocycles. The predicted octanol–water partition coefficient (Wildman–Crippen LogP) is 5.85. The van der Waals surface area contributed by atoms with Gasteiger partial charge in [0.2, 0.25) is 0 Å². The van der Waals surface area contributed by atoms with Gasteiger partial charge in [0, 0.05) is 6.08 Å². The maximum atomic E-state index is 13.1. The van der Waals surface area contributed by atoms with E-state index in [0.29, 0.717) is 27.0 Å². The molecule has 1 amide bonds. The van der Waals surface area contributed by atoms with Gasteiger partial charge in [0.05, 0.1) is 24.2 Å². The first-order chi connectivity index (χ1) is 14.1. The fourth-order valence-corrected chi connectivity index (χ4v) is 4.09. The molecule has 29 heavy (non-hydrogen) atoms. The lowest BCUT2D eigenvalue weighted by Crippen LogP contribution is -2.28. The fraction of sp³-hybridized carbons (Fsp3) is 0.0909. The standard InChI is InChI=1S/C22H17BrN2O3S/c1-27-17-9-7-15(8-10-17)14-25-21(26)19(13-18-11-12-20(23)28-18)29-22(25)24-16-5-3-2-4-6-16/h2-13H,14H2,1H3/b19-13-,24-22?. The van der Waals surface area contributed by atoms with E-state index in [2.05, 4.69) is 15.9 Å². The minimum atomic E-state index is -0.104. The molecular weight excluding hydrogens is 452 g/mol. The lowest BCUT2D eigenvalue weighted by Gasteiger charge is -2.16. The molecule has 1 aliphatic rings. The van der Waals surface area contributed by atoms with Crippen molar-refractivity contribution in [3.05, 3.63) is 87.6 Å². The van der Waals surface area contributed by atoms with Crippen LogP contribution in [0.5, 0.6) is 5.75 Å². The van der Waals surface area contributed by atoms with Gasteiger partial charge in [-0.2, -0.15) is 0 Å². The van der Waals surface area contributed by atoms with Crippen LogP contribution in [0.4, 0.5) is 5.69 Å². The number of aliphatic imine (C=N–C) groups is 1. The minimum absolute atomic E-state index is 0.104. The first-order valence-corrected chi connectivity index (χ1v) is 10.5. The largest absolute Gasteiger partial charge is 0.497 e. The molecule has 4 rings (SSSR count). The quantitative estimate of drug-likeness (QED) is 0.440. The van der Waals surface area contributed by atoms with E-state index in [1.807, 2.05) is 60.7 Å². The summed E-state index contributed by atoms with van der Waals surface area (Å²) in [6.07, 6.45) is 1.74. The Balaban J connectivity index is 1.66. The van der Waals surface area contributed by atoms with E-state index in [1.54, 1.807) is 24.2 Å². The third-order valence-electron chi connectivity index (χ3n) is 4.24. The molecule has 2 heterocycles. The van der Waals surface area contributed by atoms with Crippen LogP contribution in [0.3, 0.4) is 0 Å². The molecule has 5 nitrogen and oxygen atoms in total. The van der Waals surface area contributed by atoms with Gasteiger partial charge < -0.3 is 9.15 Å². The number of hydrogen-bond donors (Lipinski definition) is 0. The van der Waals surface area contributed by atoms with Crippen LogP contribution in [-0.4, -0.2) is 23.1 Å². The van der Waals surface area contributed by atoms with Crippen LogP contribution in [0, 0.1) is 0 Å². The van der Waals surface area contributed by atoms with Crippen LogP contribution in [0.15, 0.2) is 85.7 Å². The molecule has 1 aliphatic heterocycles. The molecule has 146 valence electrons. The summed E-state index contributed by atoms with van der Waals surface area (Å²) in [5, 5.41) is 0.633. The predicted molar refractivity (Wildman–Crippen MR) is 119 cm³/mol. The van der Waals surface area contributed by atoms with Crippen molar-refractivity contribution in [2.45, 2.75) is 6.54 Å². The van der Waals surface area contributed by atoms with Gasteiger partial charge in [-0.15, -0.1) is 0 Å². The van der Waals surface area contributed by atoms with Crippen LogP contribution in [0.25, 0.3) is 6.08 Å². The van der Waals surface area contributed by atoms with E-state index in [-0.39, 0.29) is 5.91 Å². The zero-order chi connectivity index (χ0) is 20.2. The highest BCUT2D eigenvalue weighted by molar-refractivity contribution is 9.10. The van der Waals surface area contributed by atoms with Crippen molar-refractivity contribution < 1.29 is 13.9 Å². The average molecular weight is 469 g/mol. The number of nitrogens with zero attached hydrogens (tertiary/aromatic N) is 2. The second-order valence-corrected chi connectivity index (χ2v) is 8.01.